The van der Waals surface area contributed by atoms with Crippen LogP contribution in [-0.4, -0.2) is 34.6 Å². The molecular weight excluding hydrogens is 340 g/mol. The van der Waals surface area contributed by atoms with Gasteiger partial charge in [-0.1, -0.05) is 24.3 Å². The first kappa shape index (κ1) is 19.0. The molecule has 0 saturated carbocycles. The van der Waals surface area contributed by atoms with Crippen LogP contribution in [0, 0.1) is 13.8 Å². The summed E-state index contributed by atoms with van der Waals surface area (Å²) in [5.74, 6) is -0.346. The lowest BCUT2D eigenvalue weighted by Crippen LogP contribution is -2.27. The minimum Gasteiger partial charge on any atom is -0.383 e. The fourth-order valence-corrected chi connectivity index (χ4v) is 3.59. The number of rotatable bonds is 7. The Morgan fingerprint density at radius 3 is 2.36 bits per heavy atom. The number of hydrogen-bond acceptors (Lipinski definition) is 4. The Bertz CT molecular complexity index is 843. The molecule has 2 rings (SSSR count). The number of ether oxygens (including phenoxy) is 1. The third-order valence-corrected chi connectivity index (χ3v) is 5.06. The van der Waals surface area contributed by atoms with Gasteiger partial charge in [0.2, 0.25) is 0 Å². The summed E-state index contributed by atoms with van der Waals surface area (Å²) in [7, 11) is -2.25. The summed E-state index contributed by atoms with van der Waals surface area (Å²) in [6.45, 7) is 4.42. The highest BCUT2D eigenvalue weighted by molar-refractivity contribution is 7.92. The molecule has 0 aromatic heterocycles. The van der Waals surface area contributed by atoms with E-state index in [1.165, 1.54) is 12.1 Å². The maximum atomic E-state index is 12.7. The van der Waals surface area contributed by atoms with Gasteiger partial charge in [-0.2, -0.15) is 0 Å². The molecule has 2 aromatic carbocycles. The summed E-state index contributed by atoms with van der Waals surface area (Å²) in [5, 5.41) is 2.67. The Morgan fingerprint density at radius 2 is 1.72 bits per heavy atom. The van der Waals surface area contributed by atoms with E-state index in [-0.39, 0.29) is 16.4 Å². The predicted molar refractivity (Wildman–Crippen MR) is 97.4 cm³/mol. The third kappa shape index (κ3) is 4.80. The maximum Gasteiger partial charge on any atom is 0.261 e. The summed E-state index contributed by atoms with van der Waals surface area (Å²) < 4.78 is 32.8. The lowest BCUT2D eigenvalue weighted by Gasteiger charge is -2.13. The summed E-state index contributed by atoms with van der Waals surface area (Å²) >= 11 is 0. The van der Waals surface area contributed by atoms with Crippen LogP contribution in [0.25, 0.3) is 0 Å². The Morgan fingerprint density at radius 1 is 1.08 bits per heavy atom. The van der Waals surface area contributed by atoms with Crippen molar-refractivity contribution in [2.24, 2.45) is 0 Å². The summed E-state index contributed by atoms with van der Waals surface area (Å²) in [6.07, 6.45) is 0. The van der Waals surface area contributed by atoms with Gasteiger partial charge in [-0.3, -0.25) is 9.52 Å². The lowest BCUT2D eigenvalue weighted by atomic mass is 10.1. The molecule has 6 nitrogen and oxygen atoms in total. The summed E-state index contributed by atoms with van der Waals surface area (Å²) in [5.41, 5.74) is 2.49. The average Bonchev–Trinajstić information content (AvgIpc) is 2.58. The molecule has 0 bridgehead atoms. The Kier molecular flexibility index (Phi) is 6.17. The molecule has 2 N–H and O–H groups in total. The van der Waals surface area contributed by atoms with Gasteiger partial charge in [-0.25, -0.2) is 8.42 Å². The van der Waals surface area contributed by atoms with Crippen molar-refractivity contribution in [2.75, 3.05) is 25.0 Å². The van der Waals surface area contributed by atoms with Gasteiger partial charge >= 0.3 is 0 Å². The summed E-state index contributed by atoms with van der Waals surface area (Å²) in [4.78, 5) is 12.1. The minimum absolute atomic E-state index is 0.0366. The van der Waals surface area contributed by atoms with Crippen molar-refractivity contribution < 1.29 is 17.9 Å². The molecule has 0 radical (unpaired) electrons. The van der Waals surface area contributed by atoms with Crippen LogP contribution in [0.1, 0.15) is 21.5 Å². The van der Waals surface area contributed by atoms with Gasteiger partial charge in [-0.05, 0) is 43.2 Å². The van der Waals surface area contributed by atoms with E-state index in [9.17, 15) is 13.2 Å². The van der Waals surface area contributed by atoms with Crippen molar-refractivity contribution in [1.29, 1.82) is 0 Å². The molecule has 0 spiro atoms. The predicted octanol–water partition coefficient (Wildman–Crippen LogP) is 2.48. The second kappa shape index (κ2) is 8.13. The largest absolute Gasteiger partial charge is 0.383 e. The fraction of sp³-hybridized carbons (Fsp3) is 0.278. The van der Waals surface area contributed by atoms with Crippen LogP contribution in [-0.2, 0) is 14.8 Å². The van der Waals surface area contributed by atoms with E-state index in [2.05, 4.69) is 10.0 Å². The Hall–Kier alpha value is -2.38. The maximum absolute atomic E-state index is 12.7. The van der Waals surface area contributed by atoms with Gasteiger partial charge in [0, 0.05) is 19.2 Å². The van der Waals surface area contributed by atoms with Gasteiger partial charge in [0.1, 0.15) is 0 Å². The van der Waals surface area contributed by atoms with Crippen LogP contribution in [0.2, 0.25) is 0 Å². The van der Waals surface area contributed by atoms with Crippen molar-refractivity contribution in [3.05, 3.63) is 59.2 Å². The van der Waals surface area contributed by atoms with Crippen LogP contribution in [0.3, 0.4) is 0 Å². The highest BCUT2D eigenvalue weighted by Gasteiger charge is 2.18. The highest BCUT2D eigenvalue weighted by atomic mass is 32.2. The molecule has 1 amide bonds. The molecule has 7 heteroatoms. The standard InChI is InChI=1S/C18H22N2O4S/c1-13-6-4-7-14(2)17(13)20-25(22,23)16-9-5-8-15(12-16)18(21)19-10-11-24-3/h4-9,12,20H,10-11H2,1-3H3,(H,19,21). The quantitative estimate of drug-likeness (QED) is 0.741. The SMILES string of the molecule is COCCNC(=O)c1cccc(S(=O)(=O)Nc2c(C)cccc2C)c1. The van der Waals surface area contributed by atoms with Crippen molar-refractivity contribution in [2.45, 2.75) is 18.7 Å². The van der Waals surface area contributed by atoms with Gasteiger partial charge in [0.25, 0.3) is 15.9 Å². The molecule has 0 unspecified atom stereocenters. The molecule has 0 aliphatic carbocycles. The first-order chi connectivity index (χ1) is 11.8. The number of sulfonamides is 1. The molecule has 0 heterocycles. The molecule has 0 atom stereocenters. The molecule has 134 valence electrons. The number of carbonyl (C=O) groups is 1. The zero-order chi connectivity index (χ0) is 18.4. The van der Waals surface area contributed by atoms with E-state index in [1.54, 1.807) is 19.2 Å². The Labute approximate surface area is 148 Å². The highest BCUT2D eigenvalue weighted by Crippen LogP contribution is 2.23. The molecule has 0 fully saturated rings. The van der Waals surface area contributed by atoms with Crippen LogP contribution < -0.4 is 10.0 Å². The van der Waals surface area contributed by atoms with E-state index in [1.807, 2.05) is 32.0 Å². The van der Waals surface area contributed by atoms with Crippen LogP contribution in [0.15, 0.2) is 47.4 Å². The smallest absolute Gasteiger partial charge is 0.261 e. The van der Waals surface area contributed by atoms with Gasteiger partial charge in [0.05, 0.1) is 17.2 Å². The monoisotopic (exact) mass is 362 g/mol. The molecular formula is C18H22N2O4S. The van der Waals surface area contributed by atoms with Crippen LogP contribution in [0.4, 0.5) is 5.69 Å². The second-order valence-corrected chi connectivity index (χ2v) is 7.33. The number of carbonyl (C=O) groups excluding carboxylic acids is 1. The van der Waals surface area contributed by atoms with Crippen molar-refractivity contribution >= 4 is 21.6 Å². The molecule has 0 saturated heterocycles. The number of amides is 1. The van der Waals surface area contributed by atoms with Crippen molar-refractivity contribution in [3.63, 3.8) is 0 Å². The number of aryl methyl sites for hydroxylation is 2. The van der Waals surface area contributed by atoms with E-state index in [0.717, 1.165) is 11.1 Å². The van der Waals surface area contributed by atoms with Gasteiger partial charge < -0.3 is 10.1 Å². The van der Waals surface area contributed by atoms with Crippen molar-refractivity contribution in [3.8, 4) is 0 Å². The number of nitrogens with one attached hydrogen (secondary N) is 2. The molecule has 0 aliphatic heterocycles. The topological polar surface area (TPSA) is 84.5 Å². The molecule has 0 aliphatic rings. The molecule has 25 heavy (non-hydrogen) atoms. The summed E-state index contributed by atoms with van der Waals surface area (Å²) in [6, 6.07) is 11.5. The normalized spacial score (nSPS) is 11.2. The number of anilines is 1. The third-order valence-electron chi connectivity index (χ3n) is 3.72. The number of benzene rings is 2. The number of para-hydroxylation sites is 1. The van der Waals surface area contributed by atoms with E-state index in [0.29, 0.717) is 18.8 Å². The van der Waals surface area contributed by atoms with Crippen molar-refractivity contribution in [1.82, 2.24) is 5.32 Å². The van der Waals surface area contributed by atoms with E-state index < -0.39 is 10.0 Å². The van der Waals surface area contributed by atoms with Gasteiger partial charge in [0.15, 0.2) is 0 Å². The zero-order valence-electron chi connectivity index (χ0n) is 14.5. The number of hydrogen-bond donors (Lipinski definition) is 2. The zero-order valence-corrected chi connectivity index (χ0v) is 15.3. The average molecular weight is 362 g/mol. The van der Waals surface area contributed by atoms with E-state index >= 15 is 0 Å². The first-order valence-electron chi connectivity index (χ1n) is 7.81. The Balaban J connectivity index is 2.25. The van der Waals surface area contributed by atoms with E-state index in [4.69, 9.17) is 4.74 Å². The fourth-order valence-electron chi connectivity index (χ4n) is 2.34. The lowest BCUT2D eigenvalue weighted by molar-refractivity contribution is 0.0937. The van der Waals surface area contributed by atoms with Gasteiger partial charge in [-0.15, -0.1) is 0 Å². The van der Waals surface area contributed by atoms with Crippen LogP contribution in [0.5, 0.6) is 0 Å². The van der Waals surface area contributed by atoms with Crippen LogP contribution >= 0.6 is 0 Å². The molecule has 2 aromatic rings. The minimum atomic E-state index is -3.79. The first-order valence-corrected chi connectivity index (χ1v) is 9.29. The number of methoxy groups -OCH3 is 1. The second-order valence-electron chi connectivity index (χ2n) is 5.65.